The molecule has 4 heteroatoms. The van der Waals surface area contributed by atoms with E-state index in [-0.39, 0.29) is 11.9 Å². The maximum Gasteiger partial charge on any atom is 0.123 e. The van der Waals surface area contributed by atoms with Crippen molar-refractivity contribution in [2.24, 2.45) is 5.92 Å². The number of hydrogen-bond acceptors (Lipinski definition) is 3. The van der Waals surface area contributed by atoms with Crippen LogP contribution >= 0.6 is 0 Å². The zero-order chi connectivity index (χ0) is 14.2. The number of hydrogen-bond donors (Lipinski definition) is 1. The molecule has 1 heterocycles. The minimum absolute atomic E-state index is 0.0321. The predicted octanol–water partition coefficient (Wildman–Crippen LogP) is 2.92. The average Bonchev–Trinajstić information content (AvgIpc) is 2.48. The fourth-order valence-electron chi connectivity index (χ4n) is 2.74. The second-order valence-electron chi connectivity index (χ2n) is 5.30. The summed E-state index contributed by atoms with van der Waals surface area (Å²) in [6.07, 6.45) is 3.11. The van der Waals surface area contributed by atoms with Crippen LogP contribution in [-0.4, -0.2) is 33.4 Å². The Bertz CT molecular complexity index is 394. The molecule has 1 fully saturated rings. The lowest BCUT2D eigenvalue weighted by atomic mass is 9.89. The van der Waals surface area contributed by atoms with E-state index in [1.807, 2.05) is 6.07 Å². The molecule has 2 rings (SSSR count). The number of methoxy groups -OCH3 is 1. The van der Waals surface area contributed by atoms with Crippen LogP contribution in [-0.2, 0) is 9.47 Å². The summed E-state index contributed by atoms with van der Waals surface area (Å²) in [6, 6.07) is 6.78. The topological polar surface area (TPSA) is 30.5 Å². The second-order valence-corrected chi connectivity index (χ2v) is 5.30. The number of rotatable bonds is 7. The normalized spacial score (nSPS) is 20.8. The maximum absolute atomic E-state index is 13.4. The molecular formula is C16H24FNO2. The quantitative estimate of drug-likeness (QED) is 0.780. The third kappa shape index (κ3) is 4.54. The van der Waals surface area contributed by atoms with Crippen molar-refractivity contribution in [1.29, 1.82) is 0 Å². The van der Waals surface area contributed by atoms with Gasteiger partial charge in [0.05, 0.1) is 6.10 Å². The van der Waals surface area contributed by atoms with E-state index in [1.54, 1.807) is 19.2 Å². The summed E-state index contributed by atoms with van der Waals surface area (Å²) in [6.45, 7) is 3.34. The van der Waals surface area contributed by atoms with Gasteiger partial charge in [0.15, 0.2) is 0 Å². The first-order valence-corrected chi connectivity index (χ1v) is 7.38. The van der Waals surface area contributed by atoms with Crippen LogP contribution in [0.1, 0.15) is 30.9 Å². The van der Waals surface area contributed by atoms with Gasteiger partial charge in [-0.05, 0) is 43.5 Å². The highest BCUT2D eigenvalue weighted by molar-refractivity contribution is 5.20. The Hall–Kier alpha value is -0.970. The summed E-state index contributed by atoms with van der Waals surface area (Å²) in [4.78, 5) is 0. The Labute approximate surface area is 120 Å². The zero-order valence-corrected chi connectivity index (χ0v) is 12.1. The van der Waals surface area contributed by atoms with Crippen LogP contribution in [0.5, 0.6) is 0 Å². The van der Waals surface area contributed by atoms with Crippen molar-refractivity contribution in [3.05, 3.63) is 35.6 Å². The van der Waals surface area contributed by atoms with E-state index in [2.05, 4.69) is 5.32 Å². The van der Waals surface area contributed by atoms with E-state index in [9.17, 15) is 4.39 Å². The van der Waals surface area contributed by atoms with Gasteiger partial charge in [-0.1, -0.05) is 12.1 Å². The summed E-state index contributed by atoms with van der Waals surface area (Å²) in [5.74, 6) is 0.213. The molecule has 0 aliphatic carbocycles. The largest absolute Gasteiger partial charge is 0.385 e. The summed E-state index contributed by atoms with van der Waals surface area (Å²) < 4.78 is 24.5. The van der Waals surface area contributed by atoms with Crippen LogP contribution in [0.4, 0.5) is 4.39 Å². The van der Waals surface area contributed by atoms with Gasteiger partial charge in [-0.25, -0.2) is 4.39 Å². The number of nitrogens with one attached hydrogen (secondary N) is 1. The summed E-state index contributed by atoms with van der Waals surface area (Å²) >= 11 is 0. The molecule has 0 aromatic heterocycles. The van der Waals surface area contributed by atoms with E-state index in [4.69, 9.17) is 9.47 Å². The molecule has 1 aliphatic rings. The Morgan fingerprint density at radius 3 is 3.00 bits per heavy atom. The van der Waals surface area contributed by atoms with Crippen LogP contribution in [0.15, 0.2) is 24.3 Å². The van der Waals surface area contributed by atoms with Gasteiger partial charge in [-0.15, -0.1) is 0 Å². The molecule has 3 nitrogen and oxygen atoms in total. The molecule has 0 radical (unpaired) electrons. The highest BCUT2D eigenvalue weighted by Crippen LogP contribution is 2.31. The monoisotopic (exact) mass is 281 g/mol. The number of ether oxygens (including phenoxy) is 2. The lowest BCUT2D eigenvalue weighted by Gasteiger charge is -2.31. The second kappa shape index (κ2) is 8.35. The molecule has 2 unspecified atom stereocenters. The average molecular weight is 281 g/mol. The molecule has 1 aromatic rings. The van der Waals surface area contributed by atoms with Gasteiger partial charge < -0.3 is 14.8 Å². The van der Waals surface area contributed by atoms with Gasteiger partial charge in [0.1, 0.15) is 5.82 Å². The van der Waals surface area contributed by atoms with Gasteiger partial charge >= 0.3 is 0 Å². The lowest BCUT2D eigenvalue weighted by molar-refractivity contribution is -0.00517. The van der Waals surface area contributed by atoms with Crippen LogP contribution < -0.4 is 5.32 Å². The van der Waals surface area contributed by atoms with E-state index < -0.39 is 0 Å². The molecule has 0 bridgehead atoms. The van der Waals surface area contributed by atoms with Gasteiger partial charge in [0.25, 0.3) is 0 Å². The first-order valence-electron chi connectivity index (χ1n) is 7.38. The van der Waals surface area contributed by atoms with Crippen molar-refractivity contribution in [1.82, 2.24) is 5.32 Å². The number of piperidine rings is 1. The molecule has 1 saturated heterocycles. The van der Waals surface area contributed by atoms with E-state index in [0.29, 0.717) is 19.1 Å². The summed E-state index contributed by atoms with van der Waals surface area (Å²) in [5, 5.41) is 3.40. The Morgan fingerprint density at radius 2 is 2.30 bits per heavy atom. The summed E-state index contributed by atoms with van der Waals surface area (Å²) in [5.41, 5.74) is 0.941. The standard InChI is InChI=1S/C16H24FNO2/c1-19-9-4-10-20-16(14-6-3-8-18-12-14)13-5-2-7-15(17)11-13/h2,5,7,11,14,16,18H,3-4,6,8-10,12H2,1H3. The Morgan fingerprint density at radius 1 is 1.40 bits per heavy atom. The van der Waals surface area contributed by atoms with E-state index in [1.165, 1.54) is 6.07 Å². The van der Waals surface area contributed by atoms with Crippen molar-refractivity contribution in [3.8, 4) is 0 Å². The Balaban J connectivity index is 2.02. The van der Waals surface area contributed by atoms with Crippen molar-refractivity contribution in [2.45, 2.75) is 25.4 Å². The fraction of sp³-hybridized carbons (Fsp3) is 0.625. The number of halogens is 1. The van der Waals surface area contributed by atoms with Crippen LogP contribution in [0.3, 0.4) is 0 Å². The van der Waals surface area contributed by atoms with Crippen LogP contribution in [0.25, 0.3) is 0 Å². The van der Waals surface area contributed by atoms with E-state index in [0.717, 1.165) is 37.9 Å². The van der Waals surface area contributed by atoms with Crippen molar-refractivity contribution in [2.75, 3.05) is 33.4 Å². The van der Waals surface area contributed by atoms with Crippen molar-refractivity contribution in [3.63, 3.8) is 0 Å². The highest BCUT2D eigenvalue weighted by Gasteiger charge is 2.25. The minimum atomic E-state index is -0.197. The number of benzene rings is 1. The van der Waals surface area contributed by atoms with Crippen molar-refractivity contribution < 1.29 is 13.9 Å². The van der Waals surface area contributed by atoms with Gasteiger partial charge in [-0.3, -0.25) is 0 Å². The smallest absolute Gasteiger partial charge is 0.123 e. The van der Waals surface area contributed by atoms with Gasteiger partial charge in [0, 0.05) is 32.8 Å². The first-order chi connectivity index (χ1) is 9.81. The molecule has 112 valence electrons. The highest BCUT2D eigenvalue weighted by atomic mass is 19.1. The predicted molar refractivity (Wildman–Crippen MR) is 77.2 cm³/mol. The molecule has 0 saturated carbocycles. The van der Waals surface area contributed by atoms with Gasteiger partial charge in [-0.2, -0.15) is 0 Å². The SMILES string of the molecule is COCCCOC(c1cccc(F)c1)C1CCCNC1. The maximum atomic E-state index is 13.4. The zero-order valence-electron chi connectivity index (χ0n) is 12.1. The molecule has 1 N–H and O–H groups in total. The molecular weight excluding hydrogens is 257 g/mol. The molecule has 0 spiro atoms. The molecule has 0 amide bonds. The van der Waals surface area contributed by atoms with Crippen molar-refractivity contribution >= 4 is 0 Å². The third-order valence-corrected chi connectivity index (χ3v) is 3.73. The molecule has 1 aromatic carbocycles. The van der Waals surface area contributed by atoms with Gasteiger partial charge in [0.2, 0.25) is 0 Å². The molecule has 2 atom stereocenters. The summed E-state index contributed by atoms with van der Waals surface area (Å²) in [7, 11) is 1.69. The Kier molecular flexibility index (Phi) is 6.43. The van der Waals surface area contributed by atoms with Crippen LogP contribution in [0, 0.1) is 11.7 Å². The van der Waals surface area contributed by atoms with Crippen LogP contribution in [0.2, 0.25) is 0 Å². The third-order valence-electron chi connectivity index (χ3n) is 3.73. The molecule has 1 aliphatic heterocycles. The minimum Gasteiger partial charge on any atom is -0.385 e. The first kappa shape index (κ1) is 15.4. The molecule has 20 heavy (non-hydrogen) atoms. The van der Waals surface area contributed by atoms with E-state index >= 15 is 0 Å². The lowest BCUT2D eigenvalue weighted by Crippen LogP contribution is -2.34. The fourth-order valence-corrected chi connectivity index (χ4v) is 2.74.